The molecular formula is C13H14F2O2. The number of halogens is 2. The molecule has 2 nitrogen and oxygen atoms in total. The van der Waals surface area contributed by atoms with E-state index in [-0.39, 0.29) is 5.76 Å². The second kappa shape index (κ2) is 4.11. The highest BCUT2D eigenvalue weighted by Crippen LogP contribution is 2.36. The van der Waals surface area contributed by atoms with Gasteiger partial charge in [-0.05, 0) is 19.4 Å². The second-order valence-electron chi connectivity index (χ2n) is 4.21. The van der Waals surface area contributed by atoms with E-state index >= 15 is 0 Å². The van der Waals surface area contributed by atoms with Gasteiger partial charge >= 0.3 is 0 Å². The lowest BCUT2D eigenvalue weighted by atomic mass is 9.97. The van der Waals surface area contributed by atoms with Gasteiger partial charge < -0.3 is 9.52 Å². The monoisotopic (exact) mass is 240 g/mol. The van der Waals surface area contributed by atoms with E-state index in [1.54, 1.807) is 12.1 Å². The Balaban J connectivity index is 2.69. The zero-order valence-corrected chi connectivity index (χ0v) is 9.71. The average Bonchev–Trinajstić information content (AvgIpc) is 2.67. The average molecular weight is 240 g/mol. The standard InChI is InChI=1S/C13H14F2O2/c1-3-8-9-6-4-5-7-10(9)17-11(8)13(2,16)12(14)15/h4-7,12,16H,3H2,1-2H3. The van der Waals surface area contributed by atoms with Gasteiger partial charge in [0.2, 0.25) is 0 Å². The van der Waals surface area contributed by atoms with Crippen molar-refractivity contribution >= 4 is 11.0 Å². The Kier molecular flexibility index (Phi) is 2.91. The lowest BCUT2D eigenvalue weighted by Crippen LogP contribution is -2.30. The molecule has 2 rings (SSSR count). The van der Waals surface area contributed by atoms with Crippen LogP contribution >= 0.6 is 0 Å². The number of rotatable bonds is 3. The summed E-state index contributed by atoms with van der Waals surface area (Å²) < 4.78 is 31.1. The van der Waals surface area contributed by atoms with Crippen molar-refractivity contribution in [3.05, 3.63) is 35.6 Å². The van der Waals surface area contributed by atoms with E-state index in [0.717, 1.165) is 12.3 Å². The van der Waals surface area contributed by atoms with E-state index in [0.29, 0.717) is 17.6 Å². The lowest BCUT2D eigenvalue weighted by Gasteiger charge is -2.20. The summed E-state index contributed by atoms with van der Waals surface area (Å²) in [5.74, 6) is -0.0313. The van der Waals surface area contributed by atoms with Gasteiger partial charge in [-0.15, -0.1) is 0 Å². The van der Waals surface area contributed by atoms with Gasteiger partial charge in [0.05, 0.1) is 0 Å². The first-order chi connectivity index (χ1) is 7.98. The van der Waals surface area contributed by atoms with Crippen molar-refractivity contribution in [2.45, 2.75) is 32.3 Å². The molecule has 1 N–H and O–H groups in total. The van der Waals surface area contributed by atoms with Crippen LogP contribution in [0.3, 0.4) is 0 Å². The number of hydrogen-bond donors (Lipinski definition) is 1. The molecule has 1 heterocycles. The molecule has 0 fully saturated rings. The fraction of sp³-hybridized carbons (Fsp3) is 0.385. The molecule has 0 bridgehead atoms. The van der Waals surface area contributed by atoms with Gasteiger partial charge in [-0.3, -0.25) is 0 Å². The maximum absolute atomic E-state index is 12.8. The first-order valence-corrected chi connectivity index (χ1v) is 5.49. The van der Waals surface area contributed by atoms with Crippen LogP contribution in [0.5, 0.6) is 0 Å². The number of fused-ring (bicyclic) bond motifs is 1. The summed E-state index contributed by atoms with van der Waals surface area (Å²) in [4.78, 5) is 0. The maximum Gasteiger partial charge on any atom is 0.273 e. The predicted octanol–water partition coefficient (Wildman–Crippen LogP) is 3.47. The molecule has 0 aliphatic rings. The third kappa shape index (κ3) is 1.82. The van der Waals surface area contributed by atoms with Crippen molar-refractivity contribution < 1.29 is 18.3 Å². The number of para-hydroxylation sites is 1. The van der Waals surface area contributed by atoms with E-state index in [4.69, 9.17) is 4.42 Å². The number of furan rings is 1. The molecular weight excluding hydrogens is 226 g/mol. The van der Waals surface area contributed by atoms with Crippen LogP contribution < -0.4 is 0 Å². The van der Waals surface area contributed by atoms with Crippen LogP contribution in [0.15, 0.2) is 28.7 Å². The Labute approximate surface area is 97.9 Å². The molecule has 1 unspecified atom stereocenters. The van der Waals surface area contributed by atoms with Gasteiger partial charge in [0.15, 0.2) is 5.60 Å². The molecule has 0 radical (unpaired) electrons. The highest BCUT2D eigenvalue weighted by molar-refractivity contribution is 5.82. The van der Waals surface area contributed by atoms with Gasteiger partial charge in [0, 0.05) is 10.9 Å². The van der Waals surface area contributed by atoms with Crippen LogP contribution in [0.2, 0.25) is 0 Å². The number of aliphatic hydroxyl groups is 1. The Morgan fingerprint density at radius 2 is 2.00 bits per heavy atom. The summed E-state index contributed by atoms with van der Waals surface area (Å²) in [5, 5.41) is 10.6. The van der Waals surface area contributed by atoms with Crippen molar-refractivity contribution in [2.75, 3.05) is 0 Å². The maximum atomic E-state index is 12.8. The minimum absolute atomic E-state index is 0.0313. The topological polar surface area (TPSA) is 33.4 Å². The molecule has 17 heavy (non-hydrogen) atoms. The van der Waals surface area contributed by atoms with Gasteiger partial charge in [-0.25, -0.2) is 8.78 Å². The Bertz CT molecular complexity index is 529. The second-order valence-corrected chi connectivity index (χ2v) is 4.21. The highest BCUT2D eigenvalue weighted by atomic mass is 19.3. The molecule has 92 valence electrons. The van der Waals surface area contributed by atoms with E-state index < -0.39 is 12.0 Å². The largest absolute Gasteiger partial charge is 0.457 e. The summed E-state index contributed by atoms with van der Waals surface area (Å²) in [5.41, 5.74) is -1.07. The van der Waals surface area contributed by atoms with Crippen molar-refractivity contribution in [1.82, 2.24) is 0 Å². The number of hydrogen-bond acceptors (Lipinski definition) is 2. The Hall–Kier alpha value is -1.42. The lowest BCUT2D eigenvalue weighted by molar-refractivity contribution is -0.100. The SMILES string of the molecule is CCc1c(C(C)(O)C(F)F)oc2ccccc12. The smallest absolute Gasteiger partial charge is 0.273 e. The number of alkyl halides is 2. The molecule has 0 saturated heterocycles. The van der Waals surface area contributed by atoms with E-state index in [2.05, 4.69) is 0 Å². The molecule has 0 amide bonds. The van der Waals surface area contributed by atoms with E-state index in [1.807, 2.05) is 19.1 Å². The Morgan fingerprint density at radius 3 is 2.59 bits per heavy atom. The highest BCUT2D eigenvalue weighted by Gasteiger charge is 2.40. The van der Waals surface area contributed by atoms with Crippen molar-refractivity contribution in [3.63, 3.8) is 0 Å². The number of benzene rings is 1. The number of aryl methyl sites for hydroxylation is 1. The summed E-state index contributed by atoms with van der Waals surface area (Å²) in [6.45, 7) is 2.93. The van der Waals surface area contributed by atoms with Crippen LogP contribution in [0.4, 0.5) is 8.78 Å². The van der Waals surface area contributed by atoms with Crippen LogP contribution in [-0.4, -0.2) is 11.5 Å². The van der Waals surface area contributed by atoms with Crippen molar-refractivity contribution in [3.8, 4) is 0 Å². The summed E-state index contributed by atoms with van der Waals surface area (Å²) in [6.07, 6.45) is -2.34. The molecule has 0 saturated carbocycles. The third-order valence-electron chi connectivity index (χ3n) is 2.94. The molecule has 1 atom stereocenters. The van der Waals surface area contributed by atoms with Crippen molar-refractivity contribution in [1.29, 1.82) is 0 Å². The molecule has 1 aromatic heterocycles. The zero-order valence-electron chi connectivity index (χ0n) is 9.71. The normalized spacial score (nSPS) is 15.4. The molecule has 1 aromatic carbocycles. The first-order valence-electron chi connectivity index (χ1n) is 5.49. The fourth-order valence-corrected chi connectivity index (χ4v) is 1.96. The summed E-state index contributed by atoms with van der Waals surface area (Å²) >= 11 is 0. The van der Waals surface area contributed by atoms with Crippen molar-refractivity contribution in [2.24, 2.45) is 0 Å². The van der Waals surface area contributed by atoms with E-state index in [1.165, 1.54) is 0 Å². The van der Waals surface area contributed by atoms with Gasteiger partial charge in [0.25, 0.3) is 6.43 Å². The minimum Gasteiger partial charge on any atom is -0.457 e. The first kappa shape index (κ1) is 12.0. The van der Waals surface area contributed by atoms with Crippen LogP contribution in [0, 0.1) is 0 Å². The van der Waals surface area contributed by atoms with Gasteiger partial charge in [-0.1, -0.05) is 25.1 Å². The van der Waals surface area contributed by atoms with Crippen LogP contribution in [-0.2, 0) is 12.0 Å². The quantitative estimate of drug-likeness (QED) is 0.891. The fourth-order valence-electron chi connectivity index (χ4n) is 1.96. The molecule has 0 aliphatic carbocycles. The van der Waals surface area contributed by atoms with Gasteiger partial charge in [-0.2, -0.15) is 0 Å². The molecule has 0 aliphatic heterocycles. The molecule has 0 spiro atoms. The Morgan fingerprint density at radius 1 is 1.35 bits per heavy atom. The predicted molar refractivity (Wildman–Crippen MR) is 61.2 cm³/mol. The minimum atomic E-state index is -2.88. The van der Waals surface area contributed by atoms with E-state index in [9.17, 15) is 13.9 Å². The summed E-state index contributed by atoms with van der Waals surface area (Å²) in [7, 11) is 0. The van der Waals surface area contributed by atoms with Crippen LogP contribution in [0.1, 0.15) is 25.2 Å². The summed E-state index contributed by atoms with van der Waals surface area (Å²) in [6, 6.07) is 7.10. The molecule has 2 aromatic rings. The zero-order chi connectivity index (χ0) is 12.6. The van der Waals surface area contributed by atoms with Gasteiger partial charge in [0.1, 0.15) is 11.3 Å². The third-order valence-corrected chi connectivity index (χ3v) is 2.94. The molecule has 4 heteroatoms. The van der Waals surface area contributed by atoms with Crippen LogP contribution in [0.25, 0.3) is 11.0 Å².